The summed E-state index contributed by atoms with van der Waals surface area (Å²) in [7, 11) is 1.55. The number of quaternary nitrogens is 1. The van der Waals surface area contributed by atoms with E-state index in [9.17, 15) is 19.4 Å². The van der Waals surface area contributed by atoms with Crippen LogP contribution in [0.15, 0.2) is 36.5 Å². The number of carbonyl (C=O) groups excluding carboxylic acids is 1. The largest absolute Gasteiger partial charge is 0.472 e. The summed E-state index contributed by atoms with van der Waals surface area (Å²) in [6.45, 7) is 4.74. The summed E-state index contributed by atoms with van der Waals surface area (Å²) in [5.74, 6) is -0.198. The number of likely N-dealkylation sites (N-methyl/N-ethyl adjacent to an activating group) is 1. The summed E-state index contributed by atoms with van der Waals surface area (Å²) in [4.78, 5) is 22.9. The molecule has 342 valence electrons. The van der Waals surface area contributed by atoms with E-state index in [1.54, 1.807) is 6.08 Å². The van der Waals surface area contributed by atoms with E-state index < -0.39 is 20.0 Å². The summed E-state index contributed by atoms with van der Waals surface area (Å²) in [6.07, 6.45) is 51.3. The van der Waals surface area contributed by atoms with Crippen LogP contribution >= 0.6 is 7.82 Å². The number of carbonyl (C=O) groups is 1. The van der Waals surface area contributed by atoms with Gasteiger partial charge in [-0.05, 0) is 44.9 Å². The molecule has 0 rings (SSSR count). The molecule has 8 nitrogen and oxygen atoms in total. The van der Waals surface area contributed by atoms with Crippen molar-refractivity contribution < 1.29 is 32.9 Å². The predicted octanol–water partition coefficient (Wildman–Crippen LogP) is 13.9. The zero-order valence-electron chi connectivity index (χ0n) is 38.8. The van der Waals surface area contributed by atoms with Crippen LogP contribution in [0.25, 0.3) is 0 Å². The van der Waals surface area contributed by atoms with Crippen LogP contribution in [0, 0.1) is 0 Å². The molecule has 0 spiro atoms. The molecule has 0 radical (unpaired) electrons. The maximum atomic E-state index is 12.7. The number of phosphoric ester groups is 1. The maximum absolute atomic E-state index is 12.7. The molecule has 0 aliphatic rings. The fourth-order valence-electron chi connectivity index (χ4n) is 6.96. The zero-order chi connectivity index (χ0) is 42.8. The fraction of sp³-hybridized carbons (Fsp3) is 0.857. The third-order valence-corrected chi connectivity index (χ3v) is 11.8. The molecule has 3 atom stereocenters. The van der Waals surface area contributed by atoms with Crippen LogP contribution in [0.1, 0.15) is 219 Å². The molecular weight excluding hydrogens is 744 g/mol. The standard InChI is InChI=1S/C49H95N2O6P/c1-6-8-10-12-14-15-16-17-18-19-20-21-22-23-24-25-26-27-28-29-30-31-32-33-34-35-37-38-40-42-48(52)47(46-57-58(54,55)56-45-44-51(3,4)5)50-49(53)43-41-39-36-13-11-9-7-2/h30-31,34-35,40,42,47-48,52H,6-29,32-33,36-39,41,43-46H2,1-5H3,(H-,50,53,54,55)/p+1/b31-30+,35-34+,42-40+. The SMILES string of the molecule is CCCCCCCCCCCCCCCCCCCCC/C=C/CC/C=C/CC/C=C/C(O)C(COP(=O)(O)OCC[N+](C)(C)C)NC(=O)CCCCCCCCC. The second kappa shape index (κ2) is 41.1. The molecule has 0 saturated carbocycles. The van der Waals surface area contributed by atoms with E-state index in [0.717, 1.165) is 44.9 Å². The molecule has 9 heteroatoms. The highest BCUT2D eigenvalue weighted by molar-refractivity contribution is 7.47. The van der Waals surface area contributed by atoms with Crippen molar-refractivity contribution in [3.05, 3.63) is 36.5 Å². The highest BCUT2D eigenvalue weighted by Crippen LogP contribution is 2.43. The Morgan fingerprint density at radius 3 is 1.38 bits per heavy atom. The minimum atomic E-state index is -4.34. The number of amides is 1. The molecule has 0 aliphatic carbocycles. The molecule has 0 aliphatic heterocycles. The van der Waals surface area contributed by atoms with Crippen molar-refractivity contribution in [3.8, 4) is 0 Å². The fourth-order valence-corrected chi connectivity index (χ4v) is 7.69. The number of aliphatic hydroxyl groups excluding tert-OH is 1. The van der Waals surface area contributed by atoms with E-state index in [-0.39, 0.29) is 19.1 Å². The summed E-state index contributed by atoms with van der Waals surface area (Å²) in [6, 6.07) is -0.864. The lowest BCUT2D eigenvalue weighted by molar-refractivity contribution is -0.870. The Hall–Kier alpha value is -1.28. The molecule has 0 heterocycles. The Labute approximate surface area is 359 Å². The van der Waals surface area contributed by atoms with Gasteiger partial charge >= 0.3 is 7.82 Å². The van der Waals surface area contributed by atoms with Gasteiger partial charge in [0, 0.05) is 6.42 Å². The zero-order valence-corrected chi connectivity index (χ0v) is 39.7. The first-order chi connectivity index (χ1) is 28.0. The van der Waals surface area contributed by atoms with Crippen LogP contribution in [0.4, 0.5) is 0 Å². The first-order valence-corrected chi connectivity index (χ1v) is 25.9. The molecule has 0 bridgehead atoms. The highest BCUT2D eigenvalue weighted by atomic mass is 31.2. The number of hydrogen-bond acceptors (Lipinski definition) is 5. The van der Waals surface area contributed by atoms with Crippen molar-refractivity contribution in [1.82, 2.24) is 5.32 Å². The van der Waals surface area contributed by atoms with Crippen molar-refractivity contribution in [2.75, 3.05) is 40.9 Å². The van der Waals surface area contributed by atoms with Gasteiger partial charge in [-0.1, -0.05) is 204 Å². The maximum Gasteiger partial charge on any atom is 0.472 e. The van der Waals surface area contributed by atoms with Gasteiger partial charge in [-0.2, -0.15) is 0 Å². The van der Waals surface area contributed by atoms with Gasteiger partial charge in [0.25, 0.3) is 0 Å². The number of nitrogens with zero attached hydrogens (tertiary/aromatic N) is 1. The van der Waals surface area contributed by atoms with Gasteiger partial charge in [-0.3, -0.25) is 13.8 Å². The van der Waals surface area contributed by atoms with Crippen LogP contribution in [-0.4, -0.2) is 73.4 Å². The number of unbranched alkanes of at least 4 members (excludes halogenated alkanes) is 27. The highest BCUT2D eigenvalue weighted by Gasteiger charge is 2.27. The van der Waals surface area contributed by atoms with Crippen molar-refractivity contribution in [2.24, 2.45) is 0 Å². The smallest absolute Gasteiger partial charge is 0.387 e. The first-order valence-electron chi connectivity index (χ1n) is 24.4. The molecular formula is C49H96N2O6P+. The van der Waals surface area contributed by atoms with Crippen LogP contribution < -0.4 is 5.32 Å². The van der Waals surface area contributed by atoms with Crippen LogP contribution in [0.5, 0.6) is 0 Å². The van der Waals surface area contributed by atoms with Crippen molar-refractivity contribution in [1.29, 1.82) is 0 Å². The van der Waals surface area contributed by atoms with Gasteiger partial charge in [-0.15, -0.1) is 0 Å². The summed E-state index contributed by atoms with van der Waals surface area (Å²) < 4.78 is 23.4. The normalized spacial score (nSPS) is 14.5. The molecule has 0 saturated heterocycles. The second-order valence-corrected chi connectivity index (χ2v) is 19.3. The first kappa shape index (κ1) is 56.7. The minimum absolute atomic E-state index is 0.0540. The van der Waals surface area contributed by atoms with E-state index in [4.69, 9.17) is 9.05 Å². The topological polar surface area (TPSA) is 105 Å². The van der Waals surface area contributed by atoms with E-state index in [0.29, 0.717) is 17.4 Å². The van der Waals surface area contributed by atoms with Gasteiger partial charge < -0.3 is 19.8 Å². The molecule has 3 unspecified atom stereocenters. The van der Waals surface area contributed by atoms with E-state index in [1.807, 2.05) is 27.2 Å². The van der Waals surface area contributed by atoms with Gasteiger partial charge in [0.2, 0.25) is 5.91 Å². The average molecular weight is 840 g/mol. The molecule has 0 aromatic heterocycles. The summed E-state index contributed by atoms with van der Waals surface area (Å²) >= 11 is 0. The van der Waals surface area contributed by atoms with Gasteiger partial charge in [0.15, 0.2) is 0 Å². The number of rotatable bonds is 44. The van der Waals surface area contributed by atoms with Crippen LogP contribution in [-0.2, 0) is 18.4 Å². The lowest BCUT2D eigenvalue weighted by Gasteiger charge is -2.25. The number of phosphoric acid groups is 1. The molecule has 0 fully saturated rings. The second-order valence-electron chi connectivity index (χ2n) is 17.8. The number of hydrogen-bond donors (Lipinski definition) is 3. The van der Waals surface area contributed by atoms with Crippen molar-refractivity contribution in [2.45, 2.75) is 231 Å². The predicted molar refractivity (Wildman–Crippen MR) is 249 cm³/mol. The monoisotopic (exact) mass is 840 g/mol. The Morgan fingerprint density at radius 1 is 0.569 bits per heavy atom. The van der Waals surface area contributed by atoms with Gasteiger partial charge in [0.1, 0.15) is 13.2 Å². The van der Waals surface area contributed by atoms with E-state index in [1.165, 1.54) is 154 Å². The lowest BCUT2D eigenvalue weighted by atomic mass is 10.0. The molecule has 1 amide bonds. The quantitative estimate of drug-likeness (QED) is 0.0244. The lowest BCUT2D eigenvalue weighted by Crippen LogP contribution is -2.45. The summed E-state index contributed by atoms with van der Waals surface area (Å²) in [5.41, 5.74) is 0. The summed E-state index contributed by atoms with van der Waals surface area (Å²) in [5, 5.41) is 13.7. The third-order valence-electron chi connectivity index (χ3n) is 10.8. The van der Waals surface area contributed by atoms with Crippen molar-refractivity contribution >= 4 is 13.7 Å². The van der Waals surface area contributed by atoms with Gasteiger partial charge in [-0.25, -0.2) is 4.57 Å². The Balaban J connectivity index is 4.13. The van der Waals surface area contributed by atoms with Gasteiger partial charge in [0.05, 0.1) is 39.9 Å². The van der Waals surface area contributed by atoms with E-state index in [2.05, 4.69) is 43.5 Å². The number of aliphatic hydroxyl groups is 1. The van der Waals surface area contributed by atoms with Crippen molar-refractivity contribution in [3.63, 3.8) is 0 Å². The molecule has 0 aromatic carbocycles. The van der Waals surface area contributed by atoms with E-state index >= 15 is 0 Å². The third kappa shape index (κ3) is 42.8. The molecule has 3 N–H and O–H groups in total. The Morgan fingerprint density at radius 2 is 0.948 bits per heavy atom. The number of nitrogens with one attached hydrogen (secondary N) is 1. The Kier molecular flexibility index (Phi) is 40.2. The number of allylic oxidation sites excluding steroid dienone is 5. The molecule has 0 aromatic rings. The van der Waals surface area contributed by atoms with Crippen LogP contribution in [0.2, 0.25) is 0 Å². The minimum Gasteiger partial charge on any atom is -0.387 e. The Bertz CT molecular complexity index is 1040. The molecule has 58 heavy (non-hydrogen) atoms. The average Bonchev–Trinajstić information content (AvgIpc) is 3.17. The van der Waals surface area contributed by atoms with Crippen LogP contribution in [0.3, 0.4) is 0 Å².